The monoisotopic (exact) mass is 788 g/mol. The average molecular weight is 789 g/mol. The number of rotatable bonds is 23. The maximum atomic E-state index is 11.0. The fourth-order valence-electron chi connectivity index (χ4n) is 2.57. The van der Waals surface area contributed by atoms with E-state index in [4.69, 9.17) is 23.7 Å². The zero-order chi connectivity index (χ0) is 43.6. The van der Waals surface area contributed by atoms with E-state index in [1.807, 2.05) is 43.3 Å². The average Bonchev–Trinajstić information content (AvgIpc) is 3.19. The Hall–Kier alpha value is -5.37. The molecule has 13 nitrogen and oxygen atoms in total. The summed E-state index contributed by atoms with van der Waals surface area (Å²) in [5.41, 5.74) is 2.75. The predicted molar refractivity (Wildman–Crippen MR) is 219 cm³/mol. The van der Waals surface area contributed by atoms with E-state index in [-0.39, 0.29) is 37.7 Å². The van der Waals surface area contributed by atoms with Gasteiger partial charge in [-0.15, -0.1) is 0 Å². The molecule has 0 N–H and O–H groups in total. The van der Waals surface area contributed by atoms with Crippen molar-refractivity contribution in [1.82, 2.24) is 0 Å². The van der Waals surface area contributed by atoms with Crippen molar-refractivity contribution in [2.45, 2.75) is 47.5 Å². The second-order valence-corrected chi connectivity index (χ2v) is 10.9. The van der Waals surface area contributed by atoms with E-state index in [9.17, 15) is 24.0 Å². The lowest BCUT2D eigenvalue weighted by Gasteiger charge is -2.08. The molecule has 0 aliphatic rings. The van der Waals surface area contributed by atoms with Crippen LogP contribution in [-0.2, 0) is 61.9 Å². The number of unbranched alkanes of at least 4 members (excludes halogenated alkanes) is 1. The van der Waals surface area contributed by atoms with E-state index in [0.29, 0.717) is 68.5 Å². The number of ether oxygens (including phenoxy) is 8. The molecule has 0 aromatic heterocycles. The topological polar surface area (TPSA) is 159 Å². The van der Waals surface area contributed by atoms with Gasteiger partial charge in [-0.1, -0.05) is 102 Å². The van der Waals surface area contributed by atoms with Gasteiger partial charge in [0.25, 0.3) is 0 Å². The highest BCUT2D eigenvalue weighted by molar-refractivity contribution is 5.88. The standard InChI is InChI=1S/C16H26O7.C8H8.C7H10O2.C7H12O2.C5H8O2/c1-13(2)15(17)22-11-9-20-7-5-19-6-8-21-10-12-23-16(18)14(3)4;1-2-8-6-4-3-5-7-8;1-4-5-9-7(8)6(2)3;1-3-5-6-9-7(8)4-2;1-4(2)5(6)7-3/h1,3,5-12H2,2,4H3;2-7H,1H2;4H,1-2,5H2,3H3;4H,2-3,5-6H2,1H3;1H2,2-3H3. The van der Waals surface area contributed by atoms with E-state index < -0.39 is 11.9 Å². The van der Waals surface area contributed by atoms with E-state index in [1.165, 1.54) is 24.8 Å². The molecule has 0 aliphatic carbocycles. The van der Waals surface area contributed by atoms with E-state index >= 15 is 0 Å². The first-order chi connectivity index (χ1) is 26.5. The molecule has 0 bridgehead atoms. The Labute approximate surface area is 334 Å². The molecule has 56 heavy (non-hydrogen) atoms. The summed E-state index contributed by atoms with van der Waals surface area (Å²) in [6.07, 6.45) is 6.50. The highest BCUT2D eigenvalue weighted by Gasteiger charge is 2.03. The molecule has 0 heterocycles. The van der Waals surface area contributed by atoms with Gasteiger partial charge in [0.1, 0.15) is 19.8 Å². The fraction of sp³-hybridized carbons (Fsp3) is 0.419. The van der Waals surface area contributed by atoms with Gasteiger partial charge in [0.05, 0.1) is 53.4 Å². The van der Waals surface area contributed by atoms with Crippen LogP contribution in [-0.4, -0.2) is 103 Å². The van der Waals surface area contributed by atoms with Gasteiger partial charge in [0, 0.05) is 28.4 Å². The van der Waals surface area contributed by atoms with Crippen LogP contribution in [0.5, 0.6) is 0 Å². The molecular formula is C43H64O13. The van der Waals surface area contributed by atoms with Gasteiger partial charge in [-0.05, 0) is 39.7 Å². The zero-order valence-corrected chi connectivity index (χ0v) is 34.4. The Balaban J connectivity index is -0.000000337. The lowest BCUT2D eigenvalue weighted by atomic mass is 10.2. The molecule has 0 aliphatic heterocycles. The van der Waals surface area contributed by atoms with E-state index in [2.05, 4.69) is 60.3 Å². The third kappa shape index (κ3) is 44.8. The zero-order valence-electron chi connectivity index (χ0n) is 34.4. The van der Waals surface area contributed by atoms with Crippen molar-refractivity contribution in [2.75, 3.05) is 73.2 Å². The van der Waals surface area contributed by atoms with Crippen molar-refractivity contribution in [1.29, 1.82) is 0 Å². The molecule has 0 atom stereocenters. The lowest BCUT2D eigenvalue weighted by Crippen LogP contribution is -2.15. The summed E-state index contributed by atoms with van der Waals surface area (Å²) in [7, 11) is 1.33. The van der Waals surface area contributed by atoms with Crippen molar-refractivity contribution in [3.05, 3.63) is 116 Å². The van der Waals surface area contributed by atoms with Crippen LogP contribution in [0.25, 0.3) is 6.08 Å². The molecule has 0 spiro atoms. The quantitative estimate of drug-likeness (QED) is 0.0362. The van der Waals surface area contributed by atoms with Crippen molar-refractivity contribution in [3.8, 4) is 0 Å². The number of hydrogen-bond acceptors (Lipinski definition) is 13. The summed E-state index contributed by atoms with van der Waals surface area (Å²) < 4.78 is 39.0. The molecular weight excluding hydrogens is 724 g/mol. The molecule has 0 saturated heterocycles. The van der Waals surface area contributed by atoms with Gasteiger partial charge in [-0.2, -0.15) is 0 Å². The molecule has 314 valence electrons. The van der Waals surface area contributed by atoms with Crippen LogP contribution in [0.1, 0.15) is 53.0 Å². The molecule has 13 heteroatoms. The van der Waals surface area contributed by atoms with Crippen LogP contribution in [0.4, 0.5) is 0 Å². The Morgan fingerprint density at radius 3 is 1.23 bits per heavy atom. The van der Waals surface area contributed by atoms with Crippen LogP contribution >= 0.6 is 0 Å². The minimum Gasteiger partial charge on any atom is -0.466 e. The van der Waals surface area contributed by atoms with Crippen molar-refractivity contribution in [3.63, 3.8) is 0 Å². The van der Waals surface area contributed by atoms with Crippen molar-refractivity contribution >= 4 is 35.9 Å². The summed E-state index contributed by atoms with van der Waals surface area (Å²) in [5.74, 6) is -1.88. The normalized spacial score (nSPS) is 9.04. The maximum absolute atomic E-state index is 11.0. The lowest BCUT2D eigenvalue weighted by molar-refractivity contribution is -0.141. The molecule has 1 aromatic carbocycles. The molecule has 0 unspecified atom stereocenters. The number of esters is 5. The van der Waals surface area contributed by atoms with Gasteiger partial charge >= 0.3 is 29.8 Å². The van der Waals surface area contributed by atoms with Gasteiger partial charge in [0.15, 0.2) is 0 Å². The first-order valence-electron chi connectivity index (χ1n) is 17.6. The summed E-state index contributed by atoms with van der Waals surface area (Å²) in [6.45, 7) is 35.8. The molecule has 0 saturated carbocycles. The number of carbonyl (C=O) groups excluding carboxylic acids is 5. The highest BCUT2D eigenvalue weighted by Crippen LogP contribution is 1.98. The Bertz CT molecular complexity index is 1290. The Morgan fingerprint density at radius 2 is 0.946 bits per heavy atom. The van der Waals surface area contributed by atoms with Gasteiger partial charge in [-0.3, -0.25) is 0 Å². The molecule has 0 amide bonds. The number of carbonyl (C=O) groups is 5. The second-order valence-electron chi connectivity index (χ2n) is 10.9. The summed E-state index contributed by atoms with van der Waals surface area (Å²) in [4.78, 5) is 53.2. The van der Waals surface area contributed by atoms with E-state index in [0.717, 1.165) is 12.8 Å². The molecule has 1 aromatic rings. The second kappa shape index (κ2) is 42.4. The van der Waals surface area contributed by atoms with Crippen LogP contribution in [0, 0.1) is 0 Å². The number of methoxy groups -OCH3 is 1. The molecule has 0 radical (unpaired) electrons. The fourth-order valence-corrected chi connectivity index (χ4v) is 2.57. The summed E-state index contributed by atoms with van der Waals surface area (Å²) in [5, 5.41) is 0. The largest absolute Gasteiger partial charge is 0.466 e. The SMILES string of the molecule is C=C(C)C(=O)OC.C=C(C)C(=O)OCCOCCOCCOCCOC(=O)C(=C)C.C=CC(=O)OCCCC.C=CCOC(=O)C(=C)C.C=Cc1ccccc1. The van der Waals surface area contributed by atoms with Crippen LogP contribution < -0.4 is 0 Å². The first-order valence-corrected chi connectivity index (χ1v) is 17.6. The number of benzene rings is 1. The predicted octanol–water partition coefficient (Wildman–Crippen LogP) is 7.15. The van der Waals surface area contributed by atoms with Gasteiger partial charge < -0.3 is 37.9 Å². The number of hydrogen-bond donors (Lipinski definition) is 0. The summed E-state index contributed by atoms with van der Waals surface area (Å²) in [6, 6.07) is 10.0. The van der Waals surface area contributed by atoms with Crippen molar-refractivity contribution in [2.24, 2.45) is 0 Å². The van der Waals surface area contributed by atoms with Crippen molar-refractivity contribution < 1.29 is 61.9 Å². The molecule has 0 fully saturated rings. The smallest absolute Gasteiger partial charge is 0.333 e. The third-order valence-electron chi connectivity index (χ3n) is 5.52. The minimum absolute atomic E-state index is 0.192. The van der Waals surface area contributed by atoms with Gasteiger partial charge in [0.2, 0.25) is 0 Å². The van der Waals surface area contributed by atoms with Crippen LogP contribution in [0.2, 0.25) is 0 Å². The maximum Gasteiger partial charge on any atom is 0.333 e. The van der Waals surface area contributed by atoms with Gasteiger partial charge in [-0.25, -0.2) is 24.0 Å². The Morgan fingerprint density at radius 1 is 0.554 bits per heavy atom. The van der Waals surface area contributed by atoms with Crippen LogP contribution in [0.3, 0.4) is 0 Å². The first kappa shape index (κ1) is 57.4. The summed E-state index contributed by atoms with van der Waals surface area (Å²) >= 11 is 0. The minimum atomic E-state index is -0.420. The van der Waals surface area contributed by atoms with E-state index in [1.54, 1.807) is 27.7 Å². The third-order valence-corrected chi connectivity index (χ3v) is 5.52. The highest BCUT2D eigenvalue weighted by atomic mass is 16.6. The van der Waals surface area contributed by atoms with Crippen LogP contribution in [0.15, 0.2) is 111 Å². The Kier molecular flexibility index (Phi) is 43.4. The molecule has 1 rings (SSSR count).